The Morgan fingerprint density at radius 3 is 2.78 bits per heavy atom. The van der Waals surface area contributed by atoms with Gasteiger partial charge in [-0.25, -0.2) is 4.79 Å². The fourth-order valence-electron chi connectivity index (χ4n) is 3.08. The second-order valence-electron chi connectivity index (χ2n) is 6.23. The van der Waals surface area contributed by atoms with Crippen molar-refractivity contribution in [2.24, 2.45) is 0 Å². The molecule has 0 bridgehead atoms. The Labute approximate surface area is 171 Å². The molecule has 1 atom stereocenters. The zero-order valence-corrected chi connectivity index (χ0v) is 16.6. The van der Waals surface area contributed by atoms with E-state index >= 15 is 0 Å². The predicted molar refractivity (Wildman–Crippen MR) is 108 cm³/mol. The van der Waals surface area contributed by atoms with E-state index in [1.54, 1.807) is 24.3 Å². The van der Waals surface area contributed by atoms with E-state index in [9.17, 15) is 19.5 Å². The van der Waals surface area contributed by atoms with Crippen molar-refractivity contribution in [2.45, 2.75) is 25.3 Å². The Kier molecular flexibility index (Phi) is 6.18. The molecule has 0 aliphatic carbocycles. The normalized spacial score (nSPS) is 21.8. The van der Waals surface area contributed by atoms with Crippen LogP contribution in [-0.2, 0) is 14.4 Å². The molecule has 2 heterocycles. The Balaban J connectivity index is 1.75. The highest BCUT2D eigenvalue weighted by atomic mass is 35.5. The molecule has 6 nitrogen and oxygen atoms in total. The van der Waals surface area contributed by atoms with Gasteiger partial charge in [0.2, 0.25) is 5.91 Å². The van der Waals surface area contributed by atoms with Gasteiger partial charge in [0.05, 0.1) is 4.91 Å². The Hall–Kier alpha value is -1.90. The van der Waals surface area contributed by atoms with Gasteiger partial charge in [-0.1, -0.05) is 53.8 Å². The lowest BCUT2D eigenvalue weighted by Gasteiger charge is -2.33. The van der Waals surface area contributed by atoms with Crippen LogP contribution in [0.3, 0.4) is 0 Å². The summed E-state index contributed by atoms with van der Waals surface area (Å²) in [6.45, 7) is 0.119. The number of rotatable bonds is 4. The zero-order chi connectivity index (χ0) is 19.6. The fraction of sp³-hybridized carbons (Fsp3) is 0.333. The number of thiocarbonyl (C=S) groups is 1. The molecule has 1 unspecified atom stereocenters. The molecule has 0 saturated carbocycles. The highest BCUT2D eigenvalue weighted by molar-refractivity contribution is 8.26. The predicted octanol–water partition coefficient (Wildman–Crippen LogP) is 3.01. The average molecular weight is 425 g/mol. The fourth-order valence-corrected chi connectivity index (χ4v) is 4.52. The maximum Gasteiger partial charge on any atom is 0.326 e. The first-order chi connectivity index (χ1) is 12.9. The van der Waals surface area contributed by atoms with Crippen molar-refractivity contribution < 1.29 is 19.5 Å². The first-order valence-corrected chi connectivity index (χ1v) is 10.0. The van der Waals surface area contributed by atoms with Crippen molar-refractivity contribution in [3.63, 3.8) is 0 Å². The minimum atomic E-state index is -1.02. The van der Waals surface area contributed by atoms with Crippen LogP contribution in [0.4, 0.5) is 0 Å². The molecule has 0 radical (unpaired) electrons. The third kappa shape index (κ3) is 4.34. The quantitative estimate of drug-likeness (QED) is 0.591. The number of carbonyl (C=O) groups is 3. The third-order valence-electron chi connectivity index (χ3n) is 4.47. The van der Waals surface area contributed by atoms with Crippen LogP contribution in [0.15, 0.2) is 29.2 Å². The molecular weight excluding hydrogens is 408 g/mol. The number of piperidine rings is 1. The first-order valence-electron chi connectivity index (χ1n) is 8.40. The summed E-state index contributed by atoms with van der Waals surface area (Å²) in [5, 5.41) is 9.84. The molecule has 142 valence electrons. The van der Waals surface area contributed by atoms with Crippen LogP contribution in [0.1, 0.15) is 24.8 Å². The van der Waals surface area contributed by atoms with Gasteiger partial charge in [-0.2, -0.15) is 0 Å². The van der Waals surface area contributed by atoms with Crippen molar-refractivity contribution in [3.05, 3.63) is 39.8 Å². The number of hydrogen-bond acceptors (Lipinski definition) is 5. The van der Waals surface area contributed by atoms with Crippen LogP contribution in [0.25, 0.3) is 6.08 Å². The van der Waals surface area contributed by atoms with E-state index in [1.165, 1.54) is 9.80 Å². The van der Waals surface area contributed by atoms with E-state index in [0.717, 1.165) is 24.6 Å². The second kappa shape index (κ2) is 8.41. The lowest BCUT2D eigenvalue weighted by molar-refractivity contribution is -0.152. The SMILES string of the molecule is O=C(O)C1CCCCN1C(=O)CN1C(=O)C(=Cc2ccccc2Cl)SC1=S. The summed E-state index contributed by atoms with van der Waals surface area (Å²) in [6, 6.07) is 6.26. The van der Waals surface area contributed by atoms with Gasteiger partial charge < -0.3 is 10.0 Å². The molecule has 2 saturated heterocycles. The van der Waals surface area contributed by atoms with Crippen molar-refractivity contribution in [1.82, 2.24) is 9.80 Å². The summed E-state index contributed by atoms with van der Waals surface area (Å²) in [7, 11) is 0. The summed E-state index contributed by atoms with van der Waals surface area (Å²) in [6.07, 6.45) is 3.58. The summed E-state index contributed by atoms with van der Waals surface area (Å²) < 4.78 is 0.274. The van der Waals surface area contributed by atoms with Crippen molar-refractivity contribution in [1.29, 1.82) is 0 Å². The maximum absolute atomic E-state index is 12.7. The molecule has 1 aromatic carbocycles. The maximum atomic E-state index is 12.7. The second-order valence-corrected chi connectivity index (χ2v) is 8.31. The lowest BCUT2D eigenvalue weighted by Crippen LogP contribution is -2.51. The number of likely N-dealkylation sites (tertiary alicyclic amines) is 1. The van der Waals surface area contributed by atoms with E-state index in [-0.39, 0.29) is 16.8 Å². The Morgan fingerprint density at radius 2 is 2.07 bits per heavy atom. The monoisotopic (exact) mass is 424 g/mol. The molecule has 9 heteroatoms. The number of nitrogens with zero attached hydrogens (tertiary/aromatic N) is 2. The van der Waals surface area contributed by atoms with E-state index in [0.29, 0.717) is 28.5 Å². The molecule has 3 rings (SSSR count). The smallest absolute Gasteiger partial charge is 0.326 e. The van der Waals surface area contributed by atoms with Crippen LogP contribution >= 0.6 is 35.6 Å². The number of carboxylic acids is 1. The highest BCUT2D eigenvalue weighted by Crippen LogP contribution is 2.34. The number of carbonyl (C=O) groups excluding carboxylic acids is 2. The molecule has 2 amide bonds. The van der Waals surface area contributed by atoms with Crippen LogP contribution in [0.2, 0.25) is 5.02 Å². The topological polar surface area (TPSA) is 77.9 Å². The van der Waals surface area contributed by atoms with Crippen molar-refractivity contribution in [3.8, 4) is 0 Å². The Morgan fingerprint density at radius 1 is 1.33 bits per heavy atom. The van der Waals surface area contributed by atoms with Crippen LogP contribution in [0, 0.1) is 0 Å². The van der Waals surface area contributed by atoms with Gasteiger partial charge in [0, 0.05) is 11.6 Å². The van der Waals surface area contributed by atoms with E-state index < -0.39 is 17.9 Å². The van der Waals surface area contributed by atoms with E-state index in [1.807, 2.05) is 6.07 Å². The van der Waals surface area contributed by atoms with Crippen LogP contribution in [0.5, 0.6) is 0 Å². The average Bonchev–Trinajstić information content (AvgIpc) is 2.91. The van der Waals surface area contributed by atoms with Crippen LogP contribution in [-0.4, -0.2) is 56.1 Å². The number of benzene rings is 1. The zero-order valence-electron chi connectivity index (χ0n) is 14.3. The molecular formula is C18H17ClN2O4S2. The van der Waals surface area contributed by atoms with Crippen molar-refractivity contribution >= 4 is 63.8 Å². The summed E-state index contributed by atoms with van der Waals surface area (Å²) in [5.74, 6) is -1.80. The number of hydrogen-bond donors (Lipinski definition) is 1. The van der Waals surface area contributed by atoms with Gasteiger partial charge in [0.1, 0.15) is 16.9 Å². The minimum absolute atomic E-state index is 0.256. The van der Waals surface area contributed by atoms with E-state index in [4.69, 9.17) is 23.8 Å². The molecule has 0 spiro atoms. The molecule has 2 fully saturated rings. The van der Waals surface area contributed by atoms with Gasteiger partial charge in [-0.05, 0) is 37.0 Å². The summed E-state index contributed by atoms with van der Waals surface area (Å²) in [4.78, 5) is 39.7. The standard InChI is InChI=1S/C18H17ClN2O4S2/c19-12-6-2-1-5-11(12)9-14-16(23)21(18(26)27-14)10-15(22)20-8-4-3-7-13(20)17(24)25/h1-2,5-6,9,13H,3-4,7-8,10H2,(H,24,25). The van der Waals surface area contributed by atoms with Gasteiger partial charge in [0.15, 0.2) is 0 Å². The van der Waals surface area contributed by atoms with Crippen molar-refractivity contribution in [2.75, 3.05) is 13.1 Å². The first kappa shape index (κ1) is 19.9. The summed E-state index contributed by atoms with van der Waals surface area (Å²) >= 11 is 12.5. The van der Waals surface area contributed by atoms with E-state index in [2.05, 4.69) is 0 Å². The molecule has 27 heavy (non-hydrogen) atoms. The molecule has 0 aromatic heterocycles. The lowest BCUT2D eigenvalue weighted by atomic mass is 10.0. The highest BCUT2D eigenvalue weighted by Gasteiger charge is 2.37. The van der Waals surface area contributed by atoms with Gasteiger partial charge in [-0.3, -0.25) is 14.5 Å². The van der Waals surface area contributed by atoms with Gasteiger partial charge >= 0.3 is 5.97 Å². The molecule has 2 aliphatic rings. The Bertz CT molecular complexity index is 842. The molecule has 2 aliphatic heterocycles. The number of thioether (sulfide) groups is 1. The largest absolute Gasteiger partial charge is 0.480 e. The molecule has 1 N–H and O–H groups in total. The minimum Gasteiger partial charge on any atom is -0.480 e. The van der Waals surface area contributed by atoms with Gasteiger partial charge in [-0.15, -0.1) is 0 Å². The summed E-state index contributed by atoms with van der Waals surface area (Å²) in [5.41, 5.74) is 0.688. The number of halogens is 1. The van der Waals surface area contributed by atoms with Crippen LogP contribution < -0.4 is 0 Å². The molecule has 1 aromatic rings. The number of carboxylic acid groups (broad SMARTS) is 1. The number of amides is 2. The third-order valence-corrected chi connectivity index (χ3v) is 6.19. The van der Waals surface area contributed by atoms with Gasteiger partial charge in [0.25, 0.3) is 5.91 Å². The number of aliphatic carboxylic acids is 1.